The third-order valence-electron chi connectivity index (χ3n) is 6.10. The van der Waals surface area contributed by atoms with Crippen LogP contribution in [0, 0.1) is 5.92 Å². The minimum absolute atomic E-state index is 0.188. The van der Waals surface area contributed by atoms with Crippen molar-refractivity contribution >= 4 is 11.5 Å². The number of benzene rings is 1. The van der Waals surface area contributed by atoms with Gasteiger partial charge in [-0.25, -0.2) is 0 Å². The summed E-state index contributed by atoms with van der Waals surface area (Å²) in [4.78, 5) is 17.0. The van der Waals surface area contributed by atoms with Crippen LogP contribution >= 0.6 is 0 Å². The molecule has 132 valence electrons. The van der Waals surface area contributed by atoms with Crippen molar-refractivity contribution in [3.05, 3.63) is 53.7 Å². The highest BCUT2D eigenvalue weighted by atomic mass is 16.2. The summed E-state index contributed by atoms with van der Waals surface area (Å²) < 4.78 is 0. The molecule has 0 N–H and O–H groups in total. The van der Waals surface area contributed by atoms with Gasteiger partial charge >= 0.3 is 0 Å². The molecule has 1 amide bonds. The van der Waals surface area contributed by atoms with Gasteiger partial charge in [0, 0.05) is 37.8 Å². The Kier molecular flexibility index (Phi) is 4.41. The fourth-order valence-electron chi connectivity index (χ4n) is 4.81. The van der Waals surface area contributed by atoms with Crippen molar-refractivity contribution in [1.82, 2.24) is 9.80 Å². The van der Waals surface area contributed by atoms with E-state index in [1.165, 1.54) is 36.0 Å². The summed E-state index contributed by atoms with van der Waals surface area (Å²) in [7, 11) is 2.16. The Bertz CT molecular complexity index is 697. The largest absolute Gasteiger partial charge is 0.373 e. The molecule has 2 heterocycles. The van der Waals surface area contributed by atoms with E-state index in [9.17, 15) is 4.79 Å². The maximum Gasteiger partial charge on any atom is 0.253 e. The molecule has 1 aromatic rings. The normalized spacial score (nSPS) is 26.4. The molecule has 2 atom stereocenters. The van der Waals surface area contributed by atoms with Crippen molar-refractivity contribution in [3.63, 3.8) is 0 Å². The monoisotopic (exact) mass is 336 g/mol. The zero-order chi connectivity index (χ0) is 17.4. The van der Waals surface area contributed by atoms with Crippen LogP contribution in [-0.2, 0) is 0 Å². The van der Waals surface area contributed by atoms with Crippen molar-refractivity contribution in [1.29, 1.82) is 0 Å². The molecule has 0 spiro atoms. The zero-order valence-corrected chi connectivity index (χ0v) is 15.2. The maximum absolute atomic E-state index is 12.6. The van der Waals surface area contributed by atoms with Crippen LogP contribution in [0.2, 0.25) is 0 Å². The van der Waals surface area contributed by atoms with Gasteiger partial charge < -0.3 is 9.80 Å². The van der Waals surface area contributed by atoms with E-state index in [1.807, 2.05) is 17.0 Å². The van der Waals surface area contributed by atoms with Gasteiger partial charge in [-0.15, -0.1) is 0 Å². The van der Waals surface area contributed by atoms with Gasteiger partial charge in [0.25, 0.3) is 5.91 Å². The molecule has 2 fully saturated rings. The maximum atomic E-state index is 12.6. The summed E-state index contributed by atoms with van der Waals surface area (Å²) in [5.41, 5.74) is 4.85. The van der Waals surface area contributed by atoms with Crippen molar-refractivity contribution in [2.24, 2.45) is 5.92 Å². The van der Waals surface area contributed by atoms with Crippen LogP contribution in [0.1, 0.15) is 54.4 Å². The Labute approximate surface area is 151 Å². The van der Waals surface area contributed by atoms with Gasteiger partial charge in [0.05, 0.1) is 6.04 Å². The molecule has 0 bridgehead atoms. The quantitative estimate of drug-likeness (QED) is 0.751. The first-order valence-electron chi connectivity index (χ1n) is 9.66. The number of amides is 1. The molecule has 1 aliphatic carbocycles. The number of hydrogen-bond acceptors (Lipinski definition) is 2. The van der Waals surface area contributed by atoms with Gasteiger partial charge in [-0.05, 0) is 61.8 Å². The summed E-state index contributed by atoms with van der Waals surface area (Å²) in [6.07, 6.45) is 9.42. The lowest BCUT2D eigenvalue weighted by Gasteiger charge is -2.33. The highest BCUT2D eigenvalue weighted by Gasteiger charge is 2.37. The molecule has 3 heteroatoms. The number of hydrogen-bond donors (Lipinski definition) is 0. The molecule has 2 aliphatic heterocycles. The van der Waals surface area contributed by atoms with Crippen LogP contribution in [0.25, 0.3) is 5.57 Å². The average Bonchev–Trinajstić information content (AvgIpc) is 3.00. The van der Waals surface area contributed by atoms with Crippen LogP contribution in [0.5, 0.6) is 0 Å². The molecular weight excluding hydrogens is 308 g/mol. The van der Waals surface area contributed by atoms with E-state index < -0.39 is 0 Å². The Hall–Kier alpha value is -2.03. The minimum Gasteiger partial charge on any atom is -0.373 e. The third kappa shape index (κ3) is 3.01. The molecule has 0 aromatic heterocycles. The Balaban J connectivity index is 1.53. The lowest BCUT2D eigenvalue weighted by atomic mass is 9.77. The molecule has 2 unspecified atom stereocenters. The Morgan fingerprint density at radius 2 is 1.80 bits per heavy atom. The van der Waals surface area contributed by atoms with E-state index in [0.717, 1.165) is 37.9 Å². The van der Waals surface area contributed by atoms with E-state index in [4.69, 9.17) is 0 Å². The number of piperidine rings is 1. The highest BCUT2D eigenvalue weighted by molar-refractivity contribution is 5.94. The lowest BCUT2D eigenvalue weighted by molar-refractivity contribution is 0.0724. The van der Waals surface area contributed by atoms with Crippen LogP contribution in [-0.4, -0.2) is 41.9 Å². The van der Waals surface area contributed by atoms with Crippen LogP contribution < -0.4 is 0 Å². The molecule has 25 heavy (non-hydrogen) atoms. The van der Waals surface area contributed by atoms with Crippen LogP contribution in [0.4, 0.5) is 0 Å². The second-order valence-electron chi connectivity index (χ2n) is 7.78. The molecular formula is C22H28N2O. The number of nitrogens with zero attached hydrogens (tertiary/aromatic N) is 2. The van der Waals surface area contributed by atoms with E-state index in [1.54, 1.807) is 0 Å². The first-order valence-corrected chi connectivity index (χ1v) is 9.66. The predicted molar refractivity (Wildman–Crippen MR) is 102 cm³/mol. The van der Waals surface area contributed by atoms with E-state index >= 15 is 0 Å². The van der Waals surface area contributed by atoms with Crippen molar-refractivity contribution in [2.45, 2.75) is 44.6 Å². The van der Waals surface area contributed by atoms with Gasteiger partial charge in [0.15, 0.2) is 0 Å². The van der Waals surface area contributed by atoms with Crippen LogP contribution in [0.3, 0.4) is 0 Å². The molecule has 0 radical (unpaired) electrons. The predicted octanol–water partition coefficient (Wildman–Crippen LogP) is 4.32. The summed E-state index contributed by atoms with van der Waals surface area (Å²) in [6, 6.07) is 8.75. The number of carbonyl (C=O) groups excluding carboxylic acids is 1. The molecule has 4 rings (SSSR count). The third-order valence-corrected chi connectivity index (χ3v) is 6.10. The summed E-state index contributed by atoms with van der Waals surface area (Å²) in [5, 5.41) is 0. The molecule has 3 aliphatic rings. The Morgan fingerprint density at radius 1 is 1.08 bits per heavy atom. The van der Waals surface area contributed by atoms with Crippen molar-refractivity contribution in [3.8, 4) is 0 Å². The fraction of sp³-hybridized carbons (Fsp3) is 0.500. The van der Waals surface area contributed by atoms with E-state index in [2.05, 4.69) is 36.9 Å². The SMILES string of the molecule is C=C1CCCC2C(c3ccc(C(=O)N4CCCCC4)cc3)=CN(C)C12. The first kappa shape index (κ1) is 16.4. The minimum atomic E-state index is 0.188. The first-order chi connectivity index (χ1) is 12.1. The summed E-state index contributed by atoms with van der Waals surface area (Å²) in [6.45, 7) is 6.11. The standard InChI is InChI=1S/C22H28N2O/c1-16-7-6-8-19-20(15-23(2)21(16)19)17-9-11-18(12-10-17)22(25)24-13-4-3-5-14-24/h9-12,15,19,21H,1,3-8,13-14H2,2H3. The van der Waals surface area contributed by atoms with Crippen molar-refractivity contribution < 1.29 is 4.79 Å². The number of fused-ring (bicyclic) bond motifs is 1. The summed E-state index contributed by atoms with van der Waals surface area (Å²) in [5.74, 6) is 0.739. The number of likely N-dealkylation sites (N-methyl/N-ethyl adjacent to an activating group) is 1. The smallest absolute Gasteiger partial charge is 0.253 e. The lowest BCUT2D eigenvalue weighted by Crippen LogP contribution is -2.35. The van der Waals surface area contributed by atoms with Gasteiger partial charge in [-0.3, -0.25) is 4.79 Å². The summed E-state index contributed by atoms with van der Waals surface area (Å²) >= 11 is 0. The fourth-order valence-corrected chi connectivity index (χ4v) is 4.81. The van der Waals surface area contributed by atoms with Gasteiger partial charge in [-0.1, -0.05) is 24.3 Å². The molecule has 1 saturated carbocycles. The topological polar surface area (TPSA) is 23.6 Å². The number of carbonyl (C=O) groups is 1. The second kappa shape index (κ2) is 6.70. The average molecular weight is 336 g/mol. The van der Waals surface area contributed by atoms with Crippen molar-refractivity contribution in [2.75, 3.05) is 20.1 Å². The van der Waals surface area contributed by atoms with Gasteiger partial charge in [0.2, 0.25) is 0 Å². The molecule has 1 saturated heterocycles. The van der Waals surface area contributed by atoms with E-state index in [-0.39, 0.29) is 5.91 Å². The molecule has 3 nitrogen and oxygen atoms in total. The van der Waals surface area contributed by atoms with Gasteiger partial charge in [0.1, 0.15) is 0 Å². The second-order valence-corrected chi connectivity index (χ2v) is 7.78. The van der Waals surface area contributed by atoms with E-state index in [0.29, 0.717) is 12.0 Å². The van der Waals surface area contributed by atoms with Gasteiger partial charge in [-0.2, -0.15) is 0 Å². The zero-order valence-electron chi connectivity index (χ0n) is 15.2. The number of likely N-dealkylation sites (tertiary alicyclic amines) is 1. The molecule has 1 aromatic carbocycles. The Morgan fingerprint density at radius 3 is 2.52 bits per heavy atom. The van der Waals surface area contributed by atoms with Crippen LogP contribution in [0.15, 0.2) is 42.6 Å². The number of rotatable bonds is 2. The highest BCUT2D eigenvalue weighted by Crippen LogP contribution is 2.44.